The highest BCUT2D eigenvalue weighted by atomic mass is 14.8. The monoisotopic (exact) mass is 228 g/mol. The van der Waals surface area contributed by atoms with Crippen LogP contribution in [0.15, 0.2) is 11.6 Å². The molecule has 1 spiro atoms. The maximum atomic E-state index is 3.55. The highest BCUT2D eigenvalue weighted by Gasteiger charge is 2.77. The van der Waals surface area contributed by atoms with Gasteiger partial charge < -0.3 is 0 Å². The molecular weight excluding hydrogens is 204 g/mol. The topological polar surface area (TPSA) is 0 Å². The third kappa shape index (κ3) is 1.32. The second kappa shape index (κ2) is 3.64. The zero-order chi connectivity index (χ0) is 12.1. The third-order valence-corrected chi connectivity index (χ3v) is 5.35. The predicted octanol–water partition coefficient (Wildman–Crippen LogP) is 4.56. The Kier molecular flexibility index (Phi) is 2.44. The first-order valence-electron chi connectivity index (χ1n) is 7.37. The maximum Gasteiger partial charge on any atom is 0.0329 e. The minimum Gasteiger partial charge on any atom is -0.106 e. The van der Waals surface area contributed by atoms with Crippen molar-refractivity contribution in [3.63, 3.8) is 0 Å². The van der Waals surface area contributed by atoms with Crippen molar-refractivity contribution >= 4 is 0 Å². The fraction of sp³-hybridized carbons (Fsp3) is 0.765. The van der Waals surface area contributed by atoms with Crippen molar-refractivity contribution in [3.8, 4) is 11.8 Å². The van der Waals surface area contributed by atoms with E-state index in [1.54, 1.807) is 0 Å². The standard InChI is InChI=1S/C14H16.C3H8/c1-2-5-13-6-3-4-11-12-7-10(8-13)14(11,12)9-13;1-3-2/h4,10,12H,3,6-9H2,1H3;3H2,1-2H3. The average Bonchev–Trinajstić information content (AvgIpc) is 2.66. The SMILES string of the molecule is CC#CC12CCC=C3C4CC(C1)C34C2.CCC. The number of allylic oxidation sites excluding steroid dienone is 2. The van der Waals surface area contributed by atoms with E-state index in [4.69, 9.17) is 0 Å². The molecule has 0 aromatic rings. The van der Waals surface area contributed by atoms with Crippen LogP contribution in [0.25, 0.3) is 0 Å². The largest absolute Gasteiger partial charge is 0.106 e. The van der Waals surface area contributed by atoms with Gasteiger partial charge in [-0.15, -0.1) is 5.92 Å². The van der Waals surface area contributed by atoms with E-state index in [2.05, 4.69) is 31.8 Å². The molecule has 0 amide bonds. The minimum atomic E-state index is 0.433. The van der Waals surface area contributed by atoms with Crippen LogP contribution in [0.4, 0.5) is 0 Å². The summed E-state index contributed by atoms with van der Waals surface area (Å²) in [5.41, 5.74) is 3.00. The molecule has 4 aliphatic carbocycles. The highest BCUT2D eigenvalue weighted by Crippen LogP contribution is 2.85. The molecule has 4 aliphatic rings. The number of hydrogen-bond donors (Lipinski definition) is 0. The van der Waals surface area contributed by atoms with Gasteiger partial charge in [0.15, 0.2) is 0 Å². The Morgan fingerprint density at radius 1 is 1.41 bits per heavy atom. The molecule has 0 aromatic heterocycles. The molecule has 0 saturated heterocycles. The Morgan fingerprint density at radius 2 is 2.18 bits per heavy atom. The van der Waals surface area contributed by atoms with Crippen molar-refractivity contribution in [2.24, 2.45) is 22.7 Å². The van der Waals surface area contributed by atoms with Gasteiger partial charge in [-0.05, 0) is 50.9 Å². The third-order valence-electron chi connectivity index (χ3n) is 5.35. The molecule has 0 N–H and O–H groups in total. The van der Waals surface area contributed by atoms with Gasteiger partial charge >= 0.3 is 0 Å². The molecule has 92 valence electrons. The van der Waals surface area contributed by atoms with E-state index < -0.39 is 0 Å². The van der Waals surface area contributed by atoms with Gasteiger partial charge in [-0.3, -0.25) is 0 Å². The van der Waals surface area contributed by atoms with Crippen molar-refractivity contribution < 1.29 is 0 Å². The summed E-state index contributed by atoms with van der Waals surface area (Å²) in [5.74, 6) is 8.79. The lowest BCUT2D eigenvalue weighted by Gasteiger charge is -2.27. The first kappa shape index (κ1) is 11.4. The average molecular weight is 228 g/mol. The fourth-order valence-electron chi connectivity index (χ4n) is 4.87. The molecule has 3 saturated carbocycles. The van der Waals surface area contributed by atoms with E-state index in [0.29, 0.717) is 5.41 Å². The minimum absolute atomic E-state index is 0.433. The van der Waals surface area contributed by atoms with Gasteiger partial charge in [-0.1, -0.05) is 37.8 Å². The van der Waals surface area contributed by atoms with Crippen LogP contribution >= 0.6 is 0 Å². The van der Waals surface area contributed by atoms with Crippen LogP contribution in [0.5, 0.6) is 0 Å². The van der Waals surface area contributed by atoms with E-state index in [1.165, 1.54) is 38.5 Å². The molecular formula is C17H24. The maximum absolute atomic E-state index is 3.55. The molecule has 4 unspecified atom stereocenters. The smallest absolute Gasteiger partial charge is 0.0329 e. The lowest BCUT2D eigenvalue weighted by molar-refractivity contribution is 0.202. The van der Waals surface area contributed by atoms with E-state index in [9.17, 15) is 0 Å². The zero-order valence-electron chi connectivity index (χ0n) is 11.5. The second-order valence-electron chi connectivity index (χ2n) is 6.47. The van der Waals surface area contributed by atoms with Crippen molar-refractivity contribution in [1.82, 2.24) is 0 Å². The van der Waals surface area contributed by atoms with Crippen molar-refractivity contribution in [2.45, 2.75) is 59.3 Å². The number of rotatable bonds is 0. The number of hydrogen-bond acceptors (Lipinski definition) is 0. The summed E-state index contributed by atoms with van der Waals surface area (Å²) in [6.45, 7) is 6.26. The van der Waals surface area contributed by atoms with Crippen LogP contribution in [0.3, 0.4) is 0 Å². The summed E-state index contributed by atoms with van der Waals surface area (Å²) in [4.78, 5) is 0. The van der Waals surface area contributed by atoms with Crippen molar-refractivity contribution in [3.05, 3.63) is 11.6 Å². The normalized spacial score (nSPS) is 47.1. The second-order valence-corrected chi connectivity index (χ2v) is 6.47. The molecule has 0 radical (unpaired) electrons. The van der Waals surface area contributed by atoms with Crippen molar-refractivity contribution in [1.29, 1.82) is 0 Å². The first-order chi connectivity index (χ1) is 8.22. The first-order valence-corrected chi connectivity index (χ1v) is 7.37. The van der Waals surface area contributed by atoms with Crippen LogP contribution in [0.1, 0.15) is 59.3 Å². The van der Waals surface area contributed by atoms with Gasteiger partial charge in [-0.25, -0.2) is 0 Å². The van der Waals surface area contributed by atoms with Gasteiger partial charge in [0, 0.05) is 10.8 Å². The Balaban J connectivity index is 0.000000276. The summed E-state index contributed by atoms with van der Waals surface area (Å²) in [7, 11) is 0. The van der Waals surface area contributed by atoms with Gasteiger partial charge in [0.05, 0.1) is 0 Å². The van der Waals surface area contributed by atoms with Crippen LogP contribution in [0, 0.1) is 34.5 Å². The molecule has 3 fully saturated rings. The molecule has 0 heterocycles. The van der Waals surface area contributed by atoms with E-state index in [-0.39, 0.29) is 0 Å². The van der Waals surface area contributed by atoms with E-state index in [1.807, 2.05) is 12.5 Å². The molecule has 2 bridgehead atoms. The highest BCUT2D eigenvalue weighted by molar-refractivity contribution is 5.50. The van der Waals surface area contributed by atoms with Gasteiger partial charge in [0.25, 0.3) is 0 Å². The van der Waals surface area contributed by atoms with E-state index >= 15 is 0 Å². The number of fused-ring (bicyclic) bond motifs is 2. The van der Waals surface area contributed by atoms with Gasteiger partial charge in [-0.2, -0.15) is 0 Å². The molecule has 0 nitrogen and oxygen atoms in total. The van der Waals surface area contributed by atoms with Crippen LogP contribution in [-0.4, -0.2) is 0 Å². The summed E-state index contributed by atoms with van der Waals surface area (Å²) >= 11 is 0. The molecule has 0 aromatic carbocycles. The molecule has 0 aliphatic heterocycles. The zero-order valence-corrected chi connectivity index (χ0v) is 11.5. The van der Waals surface area contributed by atoms with Gasteiger partial charge in [0.2, 0.25) is 0 Å². The molecule has 0 heteroatoms. The molecule has 17 heavy (non-hydrogen) atoms. The van der Waals surface area contributed by atoms with Gasteiger partial charge in [0.1, 0.15) is 0 Å². The fourth-order valence-corrected chi connectivity index (χ4v) is 4.87. The predicted molar refractivity (Wildman–Crippen MR) is 72.4 cm³/mol. The van der Waals surface area contributed by atoms with Crippen LogP contribution in [0.2, 0.25) is 0 Å². The van der Waals surface area contributed by atoms with E-state index in [0.717, 1.165) is 17.3 Å². The summed E-state index contributed by atoms with van der Waals surface area (Å²) in [6, 6.07) is 0. The Bertz CT molecular complexity index is 419. The Morgan fingerprint density at radius 3 is 2.88 bits per heavy atom. The van der Waals surface area contributed by atoms with Crippen LogP contribution in [-0.2, 0) is 0 Å². The molecule has 4 rings (SSSR count). The lowest BCUT2D eigenvalue weighted by atomic mass is 9.76. The Hall–Kier alpha value is -0.700. The quantitative estimate of drug-likeness (QED) is 0.421. The summed E-state index contributed by atoms with van der Waals surface area (Å²) in [5, 5.41) is 0. The summed E-state index contributed by atoms with van der Waals surface area (Å²) in [6.07, 6.45) is 10.8. The summed E-state index contributed by atoms with van der Waals surface area (Å²) < 4.78 is 0. The van der Waals surface area contributed by atoms with Crippen LogP contribution < -0.4 is 0 Å². The molecule has 4 atom stereocenters. The lowest BCUT2D eigenvalue weighted by Crippen LogP contribution is -2.22. The van der Waals surface area contributed by atoms with Crippen molar-refractivity contribution in [2.75, 3.05) is 0 Å². The Labute approximate surface area is 106 Å².